The second-order valence-corrected chi connectivity index (χ2v) is 8.30. The molecule has 0 spiro atoms. The molecule has 2 N–H and O–H groups in total. The number of furan rings is 2. The van der Waals surface area contributed by atoms with Crippen LogP contribution in [0.15, 0.2) is 33.3 Å². The lowest BCUT2D eigenvalue weighted by atomic mass is 10.1. The highest BCUT2D eigenvalue weighted by atomic mass is 35.5. The Balaban J connectivity index is 1.83. The number of aldehydes is 1. The third-order valence-electron chi connectivity index (χ3n) is 4.13. The van der Waals surface area contributed by atoms with Crippen LogP contribution in [0.25, 0.3) is 11.1 Å². The Kier molecular flexibility index (Phi) is 6.36. The van der Waals surface area contributed by atoms with Gasteiger partial charge < -0.3 is 24.2 Å². The van der Waals surface area contributed by atoms with Crippen LogP contribution in [-0.4, -0.2) is 29.0 Å². The summed E-state index contributed by atoms with van der Waals surface area (Å²) in [6.07, 6.45) is 2.00. The molecule has 1 atom stereocenters. The van der Waals surface area contributed by atoms with Gasteiger partial charge in [0.05, 0.1) is 24.1 Å². The van der Waals surface area contributed by atoms with Gasteiger partial charge in [0.1, 0.15) is 27.8 Å². The summed E-state index contributed by atoms with van der Waals surface area (Å²) in [7, 11) is 0. The van der Waals surface area contributed by atoms with Gasteiger partial charge in [-0.25, -0.2) is 9.78 Å². The average Bonchev–Trinajstić information content (AvgIpc) is 3.25. The van der Waals surface area contributed by atoms with Gasteiger partial charge in [0.15, 0.2) is 11.9 Å². The monoisotopic (exact) mass is 433 g/mol. The summed E-state index contributed by atoms with van der Waals surface area (Å²) in [5.74, 6) is 1.13. The first kappa shape index (κ1) is 21.7. The van der Waals surface area contributed by atoms with Crippen molar-refractivity contribution in [1.29, 1.82) is 0 Å². The van der Waals surface area contributed by atoms with Crippen molar-refractivity contribution in [2.45, 2.75) is 52.3 Å². The largest absolute Gasteiger partial charge is 0.467 e. The number of carbonyl (C=O) groups is 2. The third kappa shape index (κ3) is 5.33. The molecule has 3 rings (SSSR count). The summed E-state index contributed by atoms with van der Waals surface area (Å²) in [6, 6.07) is 4.91. The first-order chi connectivity index (χ1) is 14.2. The predicted octanol–water partition coefficient (Wildman–Crippen LogP) is 4.95. The van der Waals surface area contributed by atoms with Gasteiger partial charge in [-0.2, -0.15) is 0 Å². The molecule has 1 unspecified atom stereocenters. The third-order valence-corrected chi connectivity index (χ3v) is 4.32. The van der Waals surface area contributed by atoms with Gasteiger partial charge in [-0.05, 0) is 39.8 Å². The van der Waals surface area contributed by atoms with Crippen LogP contribution in [0.4, 0.5) is 10.5 Å². The Morgan fingerprint density at radius 3 is 2.80 bits per heavy atom. The Morgan fingerprint density at radius 2 is 2.17 bits per heavy atom. The van der Waals surface area contributed by atoms with E-state index in [-0.39, 0.29) is 17.6 Å². The number of nitrogens with zero attached hydrogens (tertiary/aromatic N) is 1. The van der Waals surface area contributed by atoms with Crippen molar-refractivity contribution in [2.75, 3.05) is 5.32 Å². The van der Waals surface area contributed by atoms with Gasteiger partial charge in [-0.3, -0.25) is 4.79 Å². The minimum atomic E-state index is -0.605. The maximum absolute atomic E-state index is 12.0. The molecule has 0 radical (unpaired) electrons. The van der Waals surface area contributed by atoms with Crippen LogP contribution in [0.2, 0.25) is 5.15 Å². The maximum atomic E-state index is 12.0. The van der Waals surface area contributed by atoms with E-state index in [1.54, 1.807) is 46.1 Å². The summed E-state index contributed by atoms with van der Waals surface area (Å²) in [5, 5.41) is 6.15. The molecule has 3 aromatic heterocycles. The summed E-state index contributed by atoms with van der Waals surface area (Å²) in [4.78, 5) is 28.0. The first-order valence-electron chi connectivity index (χ1n) is 9.49. The van der Waals surface area contributed by atoms with E-state index in [0.29, 0.717) is 40.9 Å². The molecule has 9 heteroatoms. The molecular weight excluding hydrogens is 410 g/mol. The second-order valence-electron chi connectivity index (χ2n) is 7.91. The number of fused-ring (bicyclic) bond motifs is 1. The lowest BCUT2D eigenvalue weighted by molar-refractivity contribution is 0.0507. The smallest absolute Gasteiger partial charge is 0.407 e. The van der Waals surface area contributed by atoms with Crippen molar-refractivity contribution < 1.29 is 23.2 Å². The molecule has 30 heavy (non-hydrogen) atoms. The van der Waals surface area contributed by atoms with Crippen LogP contribution in [0.5, 0.6) is 0 Å². The highest BCUT2D eigenvalue weighted by Gasteiger charge is 2.23. The second kappa shape index (κ2) is 8.79. The van der Waals surface area contributed by atoms with Gasteiger partial charge in [0, 0.05) is 18.5 Å². The van der Waals surface area contributed by atoms with E-state index in [9.17, 15) is 9.59 Å². The lowest BCUT2D eigenvalue weighted by Gasteiger charge is -2.21. The number of rotatable bonds is 7. The van der Waals surface area contributed by atoms with Crippen LogP contribution in [0.1, 0.15) is 49.6 Å². The number of hydrogen-bond acceptors (Lipinski definition) is 7. The number of alkyl carbamates (subject to hydrolysis) is 1. The number of nitrogens with one attached hydrogen (secondary N) is 2. The van der Waals surface area contributed by atoms with Gasteiger partial charge in [-0.15, -0.1) is 0 Å². The Hall–Kier alpha value is -3.00. The van der Waals surface area contributed by atoms with Gasteiger partial charge in [0.2, 0.25) is 0 Å². The standard InChI is InChI=1S/C21H24ClN3O5/c1-12(24-20(27)30-21(2,3)4)8-16-14(11-26)18-19(29-16)15(9-17(22)25-18)23-10-13-6-5-7-28-13/h5-7,9,11-12H,8,10H2,1-4H3,(H,23,25)(H,24,27). The minimum Gasteiger partial charge on any atom is -0.467 e. The molecule has 0 aliphatic heterocycles. The van der Waals surface area contributed by atoms with Crippen molar-refractivity contribution in [1.82, 2.24) is 10.3 Å². The molecule has 0 aromatic carbocycles. The van der Waals surface area contributed by atoms with Crippen LogP contribution < -0.4 is 10.6 Å². The molecule has 160 valence electrons. The first-order valence-corrected chi connectivity index (χ1v) is 9.87. The van der Waals surface area contributed by atoms with Crippen LogP contribution in [0, 0.1) is 0 Å². The van der Waals surface area contributed by atoms with E-state index in [4.69, 9.17) is 25.2 Å². The Bertz CT molecular complexity index is 1040. The van der Waals surface area contributed by atoms with Gasteiger partial charge in [0.25, 0.3) is 0 Å². The minimum absolute atomic E-state index is 0.222. The molecule has 0 aliphatic rings. The molecule has 0 bridgehead atoms. The van der Waals surface area contributed by atoms with Crippen LogP contribution in [-0.2, 0) is 17.7 Å². The number of carbonyl (C=O) groups excluding carboxylic acids is 2. The van der Waals surface area contributed by atoms with Crippen molar-refractivity contribution in [2.24, 2.45) is 0 Å². The molecule has 0 saturated carbocycles. The lowest BCUT2D eigenvalue weighted by Crippen LogP contribution is -2.38. The van der Waals surface area contributed by atoms with Crippen LogP contribution in [0.3, 0.4) is 0 Å². The van der Waals surface area contributed by atoms with E-state index in [2.05, 4.69) is 15.6 Å². The van der Waals surface area contributed by atoms with E-state index < -0.39 is 11.7 Å². The number of aromatic nitrogens is 1. The summed E-state index contributed by atoms with van der Waals surface area (Å²) < 4.78 is 16.5. The quantitative estimate of drug-likeness (QED) is 0.400. The number of amides is 1. The van der Waals surface area contributed by atoms with Crippen molar-refractivity contribution >= 4 is 40.8 Å². The topological polar surface area (TPSA) is 107 Å². The highest BCUT2D eigenvalue weighted by Crippen LogP contribution is 2.32. The zero-order chi connectivity index (χ0) is 21.9. The van der Waals surface area contributed by atoms with Crippen molar-refractivity contribution in [3.8, 4) is 0 Å². The molecule has 0 saturated heterocycles. The van der Waals surface area contributed by atoms with Crippen LogP contribution >= 0.6 is 11.6 Å². The Labute approximate surface area is 178 Å². The summed E-state index contributed by atoms with van der Waals surface area (Å²) in [5.41, 5.74) is 1.05. The van der Waals surface area contributed by atoms with Crippen molar-refractivity contribution in [3.63, 3.8) is 0 Å². The molecule has 1 amide bonds. The molecular formula is C21H24ClN3O5. The number of halogens is 1. The zero-order valence-electron chi connectivity index (χ0n) is 17.2. The molecule has 0 fully saturated rings. The fourth-order valence-corrected chi connectivity index (χ4v) is 3.13. The highest BCUT2D eigenvalue weighted by molar-refractivity contribution is 6.30. The van der Waals surface area contributed by atoms with E-state index >= 15 is 0 Å². The number of ether oxygens (including phenoxy) is 1. The van der Waals surface area contributed by atoms with Gasteiger partial charge >= 0.3 is 6.09 Å². The van der Waals surface area contributed by atoms with Gasteiger partial charge in [-0.1, -0.05) is 11.6 Å². The Morgan fingerprint density at radius 1 is 1.40 bits per heavy atom. The average molecular weight is 434 g/mol. The number of anilines is 1. The predicted molar refractivity (Wildman–Crippen MR) is 113 cm³/mol. The fourth-order valence-electron chi connectivity index (χ4n) is 2.94. The SMILES string of the molecule is CC(Cc1oc2c(NCc3ccco3)cc(Cl)nc2c1C=O)NC(=O)OC(C)(C)C. The number of hydrogen-bond donors (Lipinski definition) is 2. The maximum Gasteiger partial charge on any atom is 0.407 e. The summed E-state index contributed by atoms with van der Waals surface area (Å²) >= 11 is 6.15. The van der Waals surface area contributed by atoms with E-state index in [1.165, 1.54) is 0 Å². The molecule has 0 aliphatic carbocycles. The van der Waals surface area contributed by atoms with E-state index in [0.717, 1.165) is 5.76 Å². The normalized spacial score (nSPS) is 12.6. The molecule has 3 aromatic rings. The zero-order valence-corrected chi connectivity index (χ0v) is 18.0. The molecule has 3 heterocycles. The fraction of sp³-hybridized carbons (Fsp3) is 0.381. The van der Waals surface area contributed by atoms with E-state index in [1.807, 2.05) is 6.07 Å². The molecule has 8 nitrogen and oxygen atoms in total. The van der Waals surface area contributed by atoms with Crippen molar-refractivity contribution in [3.05, 3.63) is 46.7 Å². The number of pyridine rings is 1. The summed E-state index contributed by atoms with van der Waals surface area (Å²) in [6.45, 7) is 7.56.